The summed E-state index contributed by atoms with van der Waals surface area (Å²) in [5, 5.41) is 12.7. The predicted molar refractivity (Wildman–Crippen MR) is 62.1 cm³/mol. The second kappa shape index (κ2) is 4.91. The number of nitrogens with two attached hydrogens (primary N) is 1. The third-order valence-corrected chi connectivity index (χ3v) is 2.60. The molecule has 2 heterocycles. The SMILES string of the molecule is Nc1ncc([N+](=O)[O-])c(NN2CCCCC2)n1. The summed E-state index contributed by atoms with van der Waals surface area (Å²) in [5.41, 5.74) is 8.20. The lowest BCUT2D eigenvalue weighted by Gasteiger charge is -2.26. The highest BCUT2D eigenvalue weighted by Crippen LogP contribution is 2.22. The van der Waals surface area contributed by atoms with Crippen molar-refractivity contribution < 1.29 is 4.92 Å². The number of nitrogens with zero attached hydrogens (tertiary/aromatic N) is 4. The van der Waals surface area contributed by atoms with Gasteiger partial charge in [0.2, 0.25) is 11.8 Å². The molecule has 8 nitrogen and oxygen atoms in total. The Kier molecular flexibility index (Phi) is 3.33. The number of nitro groups is 1. The predicted octanol–water partition coefficient (Wildman–Crippen LogP) is 0.780. The standard InChI is InChI=1S/C9H14N6O2/c10-9-11-6-7(15(16)17)8(12-9)13-14-4-2-1-3-5-14/h6H,1-5H2,(H3,10,11,12,13). The van der Waals surface area contributed by atoms with Crippen LogP contribution in [0.5, 0.6) is 0 Å². The molecule has 0 unspecified atom stereocenters. The number of rotatable bonds is 3. The molecule has 3 N–H and O–H groups in total. The summed E-state index contributed by atoms with van der Waals surface area (Å²) in [6.07, 6.45) is 4.45. The minimum atomic E-state index is -0.522. The van der Waals surface area contributed by atoms with Gasteiger partial charge in [-0.25, -0.2) is 9.99 Å². The molecule has 0 aromatic carbocycles. The average Bonchev–Trinajstić information content (AvgIpc) is 2.30. The van der Waals surface area contributed by atoms with Crippen LogP contribution in [0.15, 0.2) is 6.20 Å². The molecule has 0 bridgehead atoms. The largest absolute Gasteiger partial charge is 0.368 e. The second-order valence-electron chi connectivity index (χ2n) is 3.88. The van der Waals surface area contributed by atoms with E-state index < -0.39 is 4.92 Å². The van der Waals surface area contributed by atoms with Crippen LogP contribution in [0.4, 0.5) is 17.5 Å². The van der Waals surface area contributed by atoms with E-state index in [0.717, 1.165) is 32.1 Å². The molecule has 1 aromatic rings. The Labute approximate surface area is 98.0 Å². The van der Waals surface area contributed by atoms with Gasteiger partial charge in [-0.3, -0.25) is 15.5 Å². The number of hydrogen-bond donors (Lipinski definition) is 2. The number of nitrogens with one attached hydrogen (secondary N) is 1. The number of piperidine rings is 1. The van der Waals surface area contributed by atoms with Crippen molar-refractivity contribution in [1.29, 1.82) is 0 Å². The van der Waals surface area contributed by atoms with Gasteiger partial charge >= 0.3 is 5.69 Å². The van der Waals surface area contributed by atoms with Crippen LogP contribution in [0.25, 0.3) is 0 Å². The van der Waals surface area contributed by atoms with E-state index in [-0.39, 0.29) is 17.5 Å². The molecule has 1 fully saturated rings. The minimum absolute atomic E-state index is 0.0232. The van der Waals surface area contributed by atoms with Crippen molar-refractivity contribution in [1.82, 2.24) is 15.0 Å². The summed E-state index contributed by atoms with van der Waals surface area (Å²) in [7, 11) is 0. The molecule has 1 saturated heterocycles. The Morgan fingerprint density at radius 2 is 2.12 bits per heavy atom. The second-order valence-corrected chi connectivity index (χ2v) is 3.88. The van der Waals surface area contributed by atoms with E-state index in [9.17, 15) is 10.1 Å². The summed E-state index contributed by atoms with van der Waals surface area (Å²) in [6, 6.07) is 0. The normalized spacial score (nSPS) is 16.7. The van der Waals surface area contributed by atoms with Crippen LogP contribution >= 0.6 is 0 Å². The van der Waals surface area contributed by atoms with Gasteiger partial charge in [0.25, 0.3) is 0 Å². The monoisotopic (exact) mass is 238 g/mol. The highest BCUT2D eigenvalue weighted by molar-refractivity contribution is 5.55. The zero-order valence-electron chi connectivity index (χ0n) is 9.30. The van der Waals surface area contributed by atoms with Gasteiger partial charge in [0.1, 0.15) is 6.20 Å². The number of hydrazine groups is 1. The molecule has 0 spiro atoms. The number of aromatic nitrogens is 2. The van der Waals surface area contributed by atoms with Crippen molar-refractivity contribution in [2.45, 2.75) is 19.3 Å². The fraction of sp³-hybridized carbons (Fsp3) is 0.556. The van der Waals surface area contributed by atoms with Gasteiger partial charge in [-0.05, 0) is 12.8 Å². The Balaban J connectivity index is 2.17. The fourth-order valence-electron chi connectivity index (χ4n) is 1.76. The van der Waals surface area contributed by atoms with Crippen molar-refractivity contribution in [2.24, 2.45) is 0 Å². The molecule has 8 heteroatoms. The maximum Gasteiger partial charge on any atom is 0.330 e. The summed E-state index contributed by atoms with van der Waals surface area (Å²) in [5.74, 6) is 0.180. The molecular formula is C9H14N6O2. The van der Waals surface area contributed by atoms with Crippen LogP contribution in [-0.2, 0) is 0 Å². The zero-order chi connectivity index (χ0) is 12.3. The molecule has 2 rings (SSSR count). The van der Waals surface area contributed by atoms with E-state index in [1.54, 1.807) is 0 Å². The van der Waals surface area contributed by atoms with Crippen LogP contribution in [-0.4, -0.2) is 33.0 Å². The maximum atomic E-state index is 10.8. The molecule has 0 radical (unpaired) electrons. The van der Waals surface area contributed by atoms with Gasteiger partial charge in [-0.1, -0.05) is 6.42 Å². The van der Waals surface area contributed by atoms with Crippen LogP contribution in [0.1, 0.15) is 19.3 Å². The Morgan fingerprint density at radius 3 is 2.76 bits per heavy atom. The Hall–Kier alpha value is -1.96. The van der Waals surface area contributed by atoms with Crippen molar-refractivity contribution in [3.8, 4) is 0 Å². The molecule has 0 amide bonds. The van der Waals surface area contributed by atoms with E-state index in [1.807, 2.05) is 5.01 Å². The fourth-order valence-corrected chi connectivity index (χ4v) is 1.76. The average molecular weight is 238 g/mol. The highest BCUT2D eigenvalue weighted by Gasteiger charge is 2.19. The van der Waals surface area contributed by atoms with Gasteiger partial charge in [0.15, 0.2) is 0 Å². The first-order chi connectivity index (χ1) is 8.16. The van der Waals surface area contributed by atoms with Crippen LogP contribution in [0, 0.1) is 10.1 Å². The van der Waals surface area contributed by atoms with Gasteiger partial charge in [-0.2, -0.15) is 4.98 Å². The lowest BCUT2D eigenvalue weighted by Crippen LogP contribution is -2.35. The number of nitrogen functional groups attached to an aromatic ring is 1. The Morgan fingerprint density at radius 1 is 1.41 bits per heavy atom. The van der Waals surface area contributed by atoms with Crippen molar-refractivity contribution in [2.75, 3.05) is 24.2 Å². The molecule has 0 aliphatic carbocycles. The lowest BCUT2D eigenvalue weighted by atomic mass is 10.2. The van der Waals surface area contributed by atoms with E-state index in [4.69, 9.17) is 5.73 Å². The molecule has 1 aromatic heterocycles. The Bertz CT molecular complexity index is 418. The third-order valence-electron chi connectivity index (χ3n) is 2.60. The number of hydrogen-bond acceptors (Lipinski definition) is 7. The highest BCUT2D eigenvalue weighted by atomic mass is 16.6. The molecule has 17 heavy (non-hydrogen) atoms. The van der Waals surface area contributed by atoms with Gasteiger partial charge < -0.3 is 5.73 Å². The molecule has 1 aliphatic heterocycles. The quantitative estimate of drug-likeness (QED) is 0.591. The first kappa shape index (κ1) is 11.5. The van der Waals surface area contributed by atoms with Crippen molar-refractivity contribution >= 4 is 17.5 Å². The van der Waals surface area contributed by atoms with Crippen LogP contribution < -0.4 is 11.2 Å². The van der Waals surface area contributed by atoms with Gasteiger partial charge in [0, 0.05) is 13.1 Å². The van der Waals surface area contributed by atoms with E-state index in [2.05, 4.69) is 15.4 Å². The van der Waals surface area contributed by atoms with E-state index >= 15 is 0 Å². The topological polar surface area (TPSA) is 110 Å². The molecule has 0 atom stereocenters. The van der Waals surface area contributed by atoms with E-state index in [0.29, 0.717) is 0 Å². The van der Waals surface area contributed by atoms with Gasteiger partial charge in [-0.15, -0.1) is 0 Å². The molecule has 1 aliphatic rings. The third kappa shape index (κ3) is 2.78. The summed E-state index contributed by atoms with van der Waals surface area (Å²) < 4.78 is 0. The molecular weight excluding hydrogens is 224 g/mol. The first-order valence-electron chi connectivity index (χ1n) is 5.45. The van der Waals surface area contributed by atoms with E-state index in [1.165, 1.54) is 6.42 Å². The van der Waals surface area contributed by atoms with Crippen LogP contribution in [0.2, 0.25) is 0 Å². The van der Waals surface area contributed by atoms with Crippen LogP contribution in [0.3, 0.4) is 0 Å². The maximum absolute atomic E-state index is 10.8. The minimum Gasteiger partial charge on any atom is -0.368 e. The number of anilines is 2. The first-order valence-corrected chi connectivity index (χ1v) is 5.45. The van der Waals surface area contributed by atoms with Crippen molar-refractivity contribution in [3.63, 3.8) is 0 Å². The summed E-state index contributed by atoms with van der Waals surface area (Å²) in [6.45, 7) is 1.70. The summed E-state index contributed by atoms with van der Waals surface area (Å²) in [4.78, 5) is 17.8. The molecule has 92 valence electrons. The van der Waals surface area contributed by atoms with Crippen molar-refractivity contribution in [3.05, 3.63) is 16.3 Å². The van der Waals surface area contributed by atoms with Gasteiger partial charge in [0.05, 0.1) is 4.92 Å². The lowest BCUT2D eigenvalue weighted by molar-refractivity contribution is -0.384. The molecule has 0 saturated carbocycles. The zero-order valence-corrected chi connectivity index (χ0v) is 9.30. The smallest absolute Gasteiger partial charge is 0.330 e. The summed E-state index contributed by atoms with van der Waals surface area (Å²) >= 11 is 0.